The maximum absolute atomic E-state index is 13.1. The molecule has 1 aliphatic rings. The minimum Gasteiger partial charge on any atom is -0.309 e. The highest BCUT2D eigenvalue weighted by molar-refractivity contribution is 7.89. The number of fused-ring (bicyclic) bond motifs is 1. The zero-order valence-electron chi connectivity index (χ0n) is 15.6. The van der Waals surface area contributed by atoms with Gasteiger partial charge in [0.05, 0.1) is 4.90 Å². The van der Waals surface area contributed by atoms with E-state index in [1.807, 2.05) is 48.7 Å². The maximum atomic E-state index is 13.1. The van der Waals surface area contributed by atoms with Gasteiger partial charge >= 0.3 is 0 Å². The third kappa shape index (κ3) is 4.14. The fourth-order valence-electron chi connectivity index (χ4n) is 3.49. The lowest BCUT2D eigenvalue weighted by atomic mass is 10.0. The Kier molecular flexibility index (Phi) is 5.52. The van der Waals surface area contributed by atoms with Gasteiger partial charge in [0.1, 0.15) is 0 Å². The Morgan fingerprint density at radius 3 is 2.54 bits per heavy atom. The summed E-state index contributed by atoms with van der Waals surface area (Å²) in [6.45, 7) is 2.24. The van der Waals surface area contributed by atoms with Crippen LogP contribution in [0.2, 0.25) is 0 Å². The van der Waals surface area contributed by atoms with Crippen molar-refractivity contribution in [2.45, 2.75) is 31.0 Å². The molecule has 5 nitrogen and oxygen atoms in total. The molecular formula is C22H23N3O2S. The molecule has 0 bridgehead atoms. The molecule has 0 radical (unpaired) electrons. The number of aromatic nitrogens is 1. The highest BCUT2D eigenvalue weighted by Crippen LogP contribution is 2.25. The Balaban J connectivity index is 1.46. The van der Waals surface area contributed by atoms with Gasteiger partial charge < -0.3 is 5.32 Å². The van der Waals surface area contributed by atoms with Crippen molar-refractivity contribution >= 4 is 10.0 Å². The maximum Gasteiger partial charge on any atom is 0.243 e. The topological polar surface area (TPSA) is 62.3 Å². The van der Waals surface area contributed by atoms with Gasteiger partial charge in [-0.25, -0.2) is 8.42 Å². The number of nitrogens with one attached hydrogen (secondary N) is 1. The minimum atomic E-state index is -3.51. The van der Waals surface area contributed by atoms with E-state index in [1.165, 1.54) is 5.56 Å². The fraction of sp³-hybridized carbons (Fsp3) is 0.227. The molecule has 0 saturated carbocycles. The average Bonchev–Trinajstić information content (AvgIpc) is 2.74. The number of rotatable bonds is 6. The largest absolute Gasteiger partial charge is 0.309 e. The van der Waals surface area contributed by atoms with Crippen LogP contribution in [0.5, 0.6) is 0 Å². The van der Waals surface area contributed by atoms with Crippen LogP contribution in [0.4, 0.5) is 0 Å². The van der Waals surface area contributed by atoms with E-state index in [-0.39, 0.29) is 0 Å². The second kappa shape index (κ2) is 8.22. The molecule has 144 valence electrons. The highest BCUT2D eigenvalue weighted by Gasteiger charge is 2.28. The highest BCUT2D eigenvalue weighted by atomic mass is 32.2. The first-order valence-electron chi connectivity index (χ1n) is 9.38. The van der Waals surface area contributed by atoms with Crippen LogP contribution in [-0.4, -0.2) is 24.3 Å². The van der Waals surface area contributed by atoms with Crippen molar-refractivity contribution < 1.29 is 8.42 Å². The van der Waals surface area contributed by atoms with Gasteiger partial charge in [-0.15, -0.1) is 0 Å². The van der Waals surface area contributed by atoms with Gasteiger partial charge in [0.15, 0.2) is 0 Å². The Morgan fingerprint density at radius 1 is 0.929 bits per heavy atom. The lowest BCUT2D eigenvalue weighted by Gasteiger charge is -2.28. The molecule has 2 aromatic carbocycles. The summed E-state index contributed by atoms with van der Waals surface area (Å²) in [5, 5.41) is 3.34. The summed E-state index contributed by atoms with van der Waals surface area (Å²) >= 11 is 0. The molecule has 0 unspecified atom stereocenters. The smallest absolute Gasteiger partial charge is 0.243 e. The molecule has 0 fully saturated rings. The number of hydrogen-bond donors (Lipinski definition) is 1. The predicted molar refractivity (Wildman–Crippen MR) is 109 cm³/mol. The van der Waals surface area contributed by atoms with Gasteiger partial charge in [-0.1, -0.05) is 42.5 Å². The Morgan fingerprint density at radius 2 is 1.71 bits per heavy atom. The van der Waals surface area contributed by atoms with Crippen LogP contribution in [0, 0.1) is 0 Å². The molecule has 1 aromatic heterocycles. The van der Waals surface area contributed by atoms with Gasteiger partial charge in [-0.3, -0.25) is 4.98 Å². The van der Waals surface area contributed by atoms with E-state index in [9.17, 15) is 8.42 Å². The molecular weight excluding hydrogens is 370 g/mol. The van der Waals surface area contributed by atoms with Crippen molar-refractivity contribution in [3.63, 3.8) is 0 Å². The number of sulfonamides is 1. The number of nitrogens with zero attached hydrogens (tertiary/aromatic N) is 2. The number of pyridine rings is 1. The molecule has 3 aromatic rings. The number of benzene rings is 2. The molecule has 1 aliphatic heterocycles. The van der Waals surface area contributed by atoms with Crippen molar-refractivity contribution in [3.05, 3.63) is 95.3 Å². The lowest BCUT2D eigenvalue weighted by Crippen LogP contribution is -2.36. The molecule has 0 aliphatic carbocycles. The van der Waals surface area contributed by atoms with Gasteiger partial charge in [0.25, 0.3) is 0 Å². The van der Waals surface area contributed by atoms with Gasteiger partial charge in [-0.2, -0.15) is 4.31 Å². The van der Waals surface area contributed by atoms with Crippen LogP contribution in [-0.2, 0) is 36.1 Å². The standard InChI is InChI=1S/C22H23N3O2S/c26-28(27,25-12-10-20-7-1-2-8-21(20)17-25)22-9-3-5-18(13-22)14-24-16-19-6-4-11-23-15-19/h1-9,11,13,15,24H,10,12,14,16-17H2. The second-order valence-corrected chi connectivity index (χ2v) is 8.91. The normalized spacial score (nSPS) is 14.6. The molecule has 0 amide bonds. The van der Waals surface area contributed by atoms with Crippen molar-refractivity contribution in [3.8, 4) is 0 Å². The summed E-state index contributed by atoms with van der Waals surface area (Å²) in [5.41, 5.74) is 4.37. The van der Waals surface area contributed by atoms with E-state index in [1.54, 1.807) is 22.6 Å². The Hall–Kier alpha value is -2.54. The summed E-state index contributed by atoms with van der Waals surface area (Å²) < 4.78 is 27.9. The second-order valence-electron chi connectivity index (χ2n) is 6.97. The first-order valence-corrected chi connectivity index (χ1v) is 10.8. The summed E-state index contributed by atoms with van der Waals surface area (Å²) in [4.78, 5) is 4.45. The predicted octanol–water partition coefficient (Wildman–Crippen LogP) is 3.12. The van der Waals surface area contributed by atoms with Crippen molar-refractivity contribution in [2.24, 2.45) is 0 Å². The van der Waals surface area contributed by atoms with Crippen LogP contribution in [0.1, 0.15) is 22.3 Å². The van der Waals surface area contributed by atoms with Crippen LogP contribution >= 0.6 is 0 Å². The van der Waals surface area contributed by atoms with Crippen LogP contribution < -0.4 is 5.32 Å². The van der Waals surface area contributed by atoms with Crippen molar-refractivity contribution in [1.82, 2.24) is 14.6 Å². The van der Waals surface area contributed by atoms with Crippen molar-refractivity contribution in [1.29, 1.82) is 0 Å². The monoisotopic (exact) mass is 393 g/mol. The van der Waals surface area contributed by atoms with E-state index in [2.05, 4.69) is 16.4 Å². The van der Waals surface area contributed by atoms with Crippen LogP contribution in [0.3, 0.4) is 0 Å². The Labute approximate surface area is 166 Å². The number of hydrogen-bond acceptors (Lipinski definition) is 4. The summed E-state index contributed by atoms with van der Waals surface area (Å²) in [7, 11) is -3.51. The molecule has 28 heavy (non-hydrogen) atoms. The van der Waals surface area contributed by atoms with Gasteiger partial charge in [0, 0.05) is 38.6 Å². The third-order valence-electron chi connectivity index (χ3n) is 5.01. The summed E-state index contributed by atoms with van der Waals surface area (Å²) in [6.07, 6.45) is 4.32. The van der Waals surface area contributed by atoms with Crippen LogP contribution in [0.25, 0.3) is 0 Å². The van der Waals surface area contributed by atoms with E-state index in [4.69, 9.17) is 0 Å². The third-order valence-corrected chi connectivity index (χ3v) is 6.85. The van der Waals surface area contributed by atoms with E-state index in [0.29, 0.717) is 31.1 Å². The SMILES string of the molecule is O=S(=O)(c1cccc(CNCc2cccnc2)c1)N1CCc2ccccc2C1. The van der Waals surface area contributed by atoms with Gasteiger partial charge in [-0.05, 0) is 46.9 Å². The fourth-order valence-corrected chi connectivity index (χ4v) is 4.98. The molecule has 0 spiro atoms. The first-order chi connectivity index (χ1) is 13.6. The summed E-state index contributed by atoms with van der Waals surface area (Å²) in [6, 6.07) is 19.2. The summed E-state index contributed by atoms with van der Waals surface area (Å²) in [5.74, 6) is 0. The zero-order chi connectivity index (χ0) is 19.4. The first kappa shape index (κ1) is 18.8. The molecule has 6 heteroatoms. The Bertz CT molecular complexity index is 1050. The molecule has 0 atom stereocenters. The van der Waals surface area contributed by atoms with Gasteiger partial charge in [0.2, 0.25) is 10.0 Å². The van der Waals surface area contributed by atoms with E-state index in [0.717, 1.165) is 23.1 Å². The van der Waals surface area contributed by atoms with Crippen LogP contribution in [0.15, 0.2) is 78.0 Å². The molecule has 4 rings (SSSR count). The minimum absolute atomic E-state index is 0.354. The average molecular weight is 394 g/mol. The molecule has 1 N–H and O–H groups in total. The zero-order valence-corrected chi connectivity index (χ0v) is 16.4. The lowest BCUT2D eigenvalue weighted by molar-refractivity contribution is 0.391. The van der Waals surface area contributed by atoms with E-state index < -0.39 is 10.0 Å². The molecule has 2 heterocycles. The quantitative estimate of drug-likeness (QED) is 0.699. The van der Waals surface area contributed by atoms with Crippen molar-refractivity contribution in [2.75, 3.05) is 6.54 Å². The van der Waals surface area contributed by atoms with E-state index >= 15 is 0 Å². The molecule has 0 saturated heterocycles.